The SMILES string of the molecule is COc1ccc(C(=O)NCC(=O)NN=Cc2ccccc2OCc2ccc(Br)cc2)cc1OC. The van der Waals surface area contributed by atoms with E-state index >= 15 is 0 Å². The molecule has 0 aliphatic carbocycles. The van der Waals surface area contributed by atoms with Gasteiger partial charge in [-0.1, -0.05) is 40.2 Å². The molecule has 9 heteroatoms. The third kappa shape index (κ3) is 7.08. The van der Waals surface area contributed by atoms with Crippen molar-refractivity contribution >= 4 is 34.0 Å². The van der Waals surface area contributed by atoms with E-state index < -0.39 is 11.8 Å². The fourth-order valence-electron chi connectivity index (χ4n) is 2.91. The van der Waals surface area contributed by atoms with E-state index in [0.717, 1.165) is 10.0 Å². The Hall–Kier alpha value is -3.85. The van der Waals surface area contributed by atoms with E-state index in [2.05, 4.69) is 31.8 Å². The van der Waals surface area contributed by atoms with Crippen LogP contribution in [0.3, 0.4) is 0 Å². The van der Waals surface area contributed by atoms with E-state index in [9.17, 15) is 9.59 Å². The van der Waals surface area contributed by atoms with Gasteiger partial charge in [0, 0.05) is 15.6 Å². The van der Waals surface area contributed by atoms with Crippen LogP contribution >= 0.6 is 15.9 Å². The average molecular weight is 526 g/mol. The summed E-state index contributed by atoms with van der Waals surface area (Å²) in [6.45, 7) is 0.152. The smallest absolute Gasteiger partial charge is 0.259 e. The van der Waals surface area contributed by atoms with Crippen LogP contribution in [0, 0.1) is 0 Å². The van der Waals surface area contributed by atoms with Gasteiger partial charge in [-0.15, -0.1) is 0 Å². The van der Waals surface area contributed by atoms with Gasteiger partial charge in [-0.05, 0) is 48.0 Å². The minimum absolute atomic E-state index is 0.244. The second kappa shape index (κ2) is 12.4. The highest BCUT2D eigenvalue weighted by Crippen LogP contribution is 2.27. The molecule has 3 rings (SSSR count). The summed E-state index contributed by atoms with van der Waals surface area (Å²) < 4.78 is 17.2. The number of hydrazone groups is 1. The molecule has 176 valence electrons. The molecule has 0 saturated carbocycles. The zero-order valence-electron chi connectivity index (χ0n) is 18.7. The van der Waals surface area contributed by atoms with Gasteiger partial charge in [0.15, 0.2) is 11.5 Å². The summed E-state index contributed by atoms with van der Waals surface area (Å²) in [5, 5.41) is 6.51. The van der Waals surface area contributed by atoms with Crippen LogP contribution in [-0.4, -0.2) is 38.8 Å². The van der Waals surface area contributed by atoms with Crippen LogP contribution in [0.15, 0.2) is 76.3 Å². The Kier molecular flexibility index (Phi) is 9.04. The van der Waals surface area contributed by atoms with Gasteiger partial charge < -0.3 is 19.5 Å². The quantitative estimate of drug-likeness (QED) is 0.308. The Bertz CT molecular complexity index is 1170. The summed E-state index contributed by atoms with van der Waals surface area (Å²) in [7, 11) is 2.99. The van der Waals surface area contributed by atoms with Crippen molar-refractivity contribution in [1.29, 1.82) is 0 Å². The molecule has 2 amide bonds. The lowest BCUT2D eigenvalue weighted by Gasteiger charge is -2.10. The molecule has 0 saturated heterocycles. The third-order valence-corrected chi connectivity index (χ3v) is 5.20. The molecule has 0 radical (unpaired) electrons. The first kappa shape index (κ1) is 24.8. The van der Waals surface area contributed by atoms with Crippen LogP contribution < -0.4 is 25.0 Å². The number of rotatable bonds is 10. The fourth-order valence-corrected chi connectivity index (χ4v) is 3.18. The molecular weight excluding hydrogens is 502 g/mol. The van der Waals surface area contributed by atoms with Gasteiger partial charge in [-0.25, -0.2) is 5.43 Å². The molecule has 0 aliphatic rings. The first-order valence-electron chi connectivity index (χ1n) is 10.3. The van der Waals surface area contributed by atoms with E-state index in [1.54, 1.807) is 12.1 Å². The number of carbonyl (C=O) groups is 2. The van der Waals surface area contributed by atoms with E-state index in [0.29, 0.717) is 35.0 Å². The minimum Gasteiger partial charge on any atom is -0.493 e. The maximum absolute atomic E-state index is 12.3. The topological polar surface area (TPSA) is 98.2 Å². The molecule has 8 nitrogen and oxygen atoms in total. The Balaban J connectivity index is 1.51. The lowest BCUT2D eigenvalue weighted by atomic mass is 10.2. The van der Waals surface area contributed by atoms with Crippen molar-refractivity contribution in [3.8, 4) is 17.2 Å². The van der Waals surface area contributed by atoms with Crippen LogP contribution in [0.4, 0.5) is 0 Å². The number of para-hydroxylation sites is 1. The number of halogens is 1. The summed E-state index contributed by atoms with van der Waals surface area (Å²) in [4.78, 5) is 24.4. The maximum atomic E-state index is 12.3. The van der Waals surface area contributed by atoms with Crippen LogP contribution in [0.5, 0.6) is 17.2 Å². The highest BCUT2D eigenvalue weighted by atomic mass is 79.9. The summed E-state index contributed by atoms with van der Waals surface area (Å²) in [6, 6.07) is 19.9. The van der Waals surface area contributed by atoms with Crippen LogP contribution in [0.2, 0.25) is 0 Å². The van der Waals surface area contributed by atoms with Gasteiger partial charge in [0.2, 0.25) is 0 Å². The molecule has 0 atom stereocenters. The van der Waals surface area contributed by atoms with Gasteiger partial charge in [0.05, 0.1) is 27.0 Å². The van der Waals surface area contributed by atoms with Crippen molar-refractivity contribution in [3.05, 3.63) is 87.9 Å². The molecule has 0 bridgehead atoms. The lowest BCUT2D eigenvalue weighted by Crippen LogP contribution is -2.34. The molecule has 0 aliphatic heterocycles. The highest BCUT2D eigenvalue weighted by Gasteiger charge is 2.12. The Morgan fingerprint density at radius 1 is 0.941 bits per heavy atom. The highest BCUT2D eigenvalue weighted by molar-refractivity contribution is 9.10. The van der Waals surface area contributed by atoms with Crippen LogP contribution in [0.25, 0.3) is 0 Å². The molecule has 0 aromatic heterocycles. The van der Waals surface area contributed by atoms with E-state index in [1.165, 1.54) is 26.5 Å². The van der Waals surface area contributed by atoms with Gasteiger partial charge >= 0.3 is 0 Å². The largest absolute Gasteiger partial charge is 0.493 e. The predicted molar refractivity (Wildman–Crippen MR) is 133 cm³/mol. The monoisotopic (exact) mass is 525 g/mol. The molecule has 0 fully saturated rings. The number of methoxy groups -OCH3 is 2. The lowest BCUT2D eigenvalue weighted by molar-refractivity contribution is -0.120. The average Bonchev–Trinajstić information content (AvgIpc) is 2.87. The number of benzene rings is 3. The van der Waals surface area contributed by atoms with Crippen molar-refractivity contribution in [1.82, 2.24) is 10.7 Å². The van der Waals surface area contributed by atoms with Gasteiger partial charge in [-0.2, -0.15) is 5.10 Å². The molecule has 0 heterocycles. The predicted octanol–water partition coefficient (Wildman–Crippen LogP) is 3.93. The number of amides is 2. The normalized spacial score (nSPS) is 10.6. The zero-order chi connectivity index (χ0) is 24.3. The third-order valence-electron chi connectivity index (χ3n) is 4.67. The molecule has 34 heavy (non-hydrogen) atoms. The maximum Gasteiger partial charge on any atom is 0.259 e. The Labute approximate surface area is 206 Å². The van der Waals surface area contributed by atoms with Crippen molar-refractivity contribution in [2.24, 2.45) is 5.10 Å². The summed E-state index contributed by atoms with van der Waals surface area (Å²) in [5.74, 6) is 0.660. The molecule has 2 N–H and O–H groups in total. The number of ether oxygens (including phenoxy) is 3. The molecule has 3 aromatic carbocycles. The number of hydrogen-bond donors (Lipinski definition) is 2. The molecule has 0 unspecified atom stereocenters. The second-order valence-electron chi connectivity index (χ2n) is 7.00. The van der Waals surface area contributed by atoms with E-state index in [-0.39, 0.29) is 6.54 Å². The van der Waals surface area contributed by atoms with Crippen molar-refractivity contribution in [2.45, 2.75) is 6.61 Å². The number of hydrogen-bond acceptors (Lipinski definition) is 6. The summed E-state index contributed by atoms with van der Waals surface area (Å²) >= 11 is 3.41. The zero-order valence-corrected chi connectivity index (χ0v) is 20.3. The summed E-state index contributed by atoms with van der Waals surface area (Å²) in [5.41, 5.74) is 4.46. The number of nitrogens with one attached hydrogen (secondary N) is 2. The first-order valence-corrected chi connectivity index (χ1v) is 11.1. The molecular formula is C25H24BrN3O5. The van der Waals surface area contributed by atoms with Crippen molar-refractivity contribution in [3.63, 3.8) is 0 Å². The van der Waals surface area contributed by atoms with Crippen LogP contribution in [0.1, 0.15) is 21.5 Å². The van der Waals surface area contributed by atoms with Gasteiger partial charge in [0.25, 0.3) is 11.8 Å². The van der Waals surface area contributed by atoms with Gasteiger partial charge in [0.1, 0.15) is 12.4 Å². The first-order chi connectivity index (χ1) is 16.5. The van der Waals surface area contributed by atoms with E-state index in [1.807, 2.05) is 48.5 Å². The Morgan fingerprint density at radius 3 is 2.41 bits per heavy atom. The van der Waals surface area contributed by atoms with Crippen LogP contribution in [-0.2, 0) is 11.4 Å². The number of carbonyl (C=O) groups excluding carboxylic acids is 2. The second-order valence-corrected chi connectivity index (χ2v) is 7.91. The fraction of sp³-hybridized carbons (Fsp3) is 0.160. The molecule has 3 aromatic rings. The molecule has 0 spiro atoms. The van der Waals surface area contributed by atoms with Crippen molar-refractivity contribution < 1.29 is 23.8 Å². The minimum atomic E-state index is -0.474. The number of nitrogens with zero attached hydrogens (tertiary/aromatic N) is 1. The van der Waals surface area contributed by atoms with Crippen molar-refractivity contribution in [2.75, 3.05) is 20.8 Å². The standard InChI is InChI=1S/C25H24BrN3O5/c1-32-22-12-9-18(13-23(22)33-2)25(31)27-15-24(30)29-28-14-19-5-3-4-6-21(19)34-16-17-7-10-20(26)11-8-17/h3-14H,15-16H2,1-2H3,(H,27,31)(H,29,30). The van der Waals surface area contributed by atoms with E-state index in [4.69, 9.17) is 14.2 Å². The summed E-state index contributed by atoms with van der Waals surface area (Å²) in [6.07, 6.45) is 1.49. The van der Waals surface area contributed by atoms with Gasteiger partial charge in [-0.3, -0.25) is 9.59 Å². The Morgan fingerprint density at radius 2 is 1.68 bits per heavy atom.